The molecule has 3 aromatic rings. The van der Waals surface area contributed by atoms with Crippen molar-refractivity contribution < 1.29 is 33.3 Å². The number of esters is 1. The first-order valence-corrected chi connectivity index (χ1v) is 10.8. The van der Waals surface area contributed by atoms with Crippen LogP contribution in [0.3, 0.4) is 0 Å². The third-order valence-corrected chi connectivity index (χ3v) is 4.71. The Kier molecular flexibility index (Phi) is 9.07. The number of nitrogens with one attached hydrogen (secondary N) is 2. The highest BCUT2D eigenvalue weighted by Crippen LogP contribution is 2.31. The van der Waals surface area contributed by atoms with E-state index in [-0.39, 0.29) is 18.7 Å². The largest absolute Gasteiger partial charge is 0.497 e. The predicted octanol–water partition coefficient (Wildman–Crippen LogP) is 4.40. The molecule has 0 atom stereocenters. The van der Waals surface area contributed by atoms with Gasteiger partial charge in [-0.05, 0) is 48.5 Å². The summed E-state index contributed by atoms with van der Waals surface area (Å²) in [6, 6.07) is 20.8. The monoisotopic (exact) mass is 478 g/mol. The van der Waals surface area contributed by atoms with Crippen molar-refractivity contribution in [1.29, 1.82) is 0 Å². The van der Waals surface area contributed by atoms with E-state index in [2.05, 4.69) is 10.6 Å². The number of anilines is 2. The summed E-state index contributed by atoms with van der Waals surface area (Å²) in [6.45, 7) is -0.453. The van der Waals surface area contributed by atoms with E-state index in [1.54, 1.807) is 67.8 Å². The Hall–Kier alpha value is -4.53. The predicted molar refractivity (Wildman–Crippen MR) is 130 cm³/mol. The Balaban J connectivity index is 1.38. The highest BCUT2D eigenvalue weighted by atomic mass is 16.5. The van der Waals surface area contributed by atoms with Gasteiger partial charge in [0.2, 0.25) is 5.91 Å². The zero-order valence-electron chi connectivity index (χ0n) is 19.4. The van der Waals surface area contributed by atoms with E-state index in [4.69, 9.17) is 18.9 Å². The van der Waals surface area contributed by atoms with Crippen molar-refractivity contribution in [1.82, 2.24) is 0 Å². The third-order valence-electron chi connectivity index (χ3n) is 4.71. The summed E-state index contributed by atoms with van der Waals surface area (Å²) < 4.78 is 21.1. The van der Waals surface area contributed by atoms with Crippen molar-refractivity contribution >= 4 is 29.2 Å². The summed E-state index contributed by atoms with van der Waals surface area (Å²) in [4.78, 5) is 36.0. The molecule has 0 saturated carbocycles. The lowest BCUT2D eigenvalue weighted by atomic mass is 10.2. The van der Waals surface area contributed by atoms with Gasteiger partial charge in [0.05, 0.1) is 20.6 Å². The number of carbonyl (C=O) groups is 3. The van der Waals surface area contributed by atoms with Gasteiger partial charge in [-0.1, -0.05) is 18.2 Å². The van der Waals surface area contributed by atoms with Gasteiger partial charge in [-0.3, -0.25) is 14.4 Å². The van der Waals surface area contributed by atoms with Crippen LogP contribution >= 0.6 is 0 Å². The number of amides is 2. The maximum Gasteiger partial charge on any atom is 0.306 e. The second-order valence-electron chi connectivity index (χ2n) is 7.27. The summed E-state index contributed by atoms with van der Waals surface area (Å²) in [5.41, 5.74) is 1.07. The Bertz CT molecular complexity index is 1160. The first-order valence-electron chi connectivity index (χ1n) is 10.8. The fourth-order valence-corrected chi connectivity index (χ4v) is 2.99. The van der Waals surface area contributed by atoms with Crippen LogP contribution in [0.2, 0.25) is 0 Å². The highest BCUT2D eigenvalue weighted by Gasteiger charge is 2.12. The molecule has 0 aliphatic rings. The highest BCUT2D eigenvalue weighted by molar-refractivity contribution is 5.94. The fraction of sp³-hybridized carbons (Fsp3) is 0.192. The van der Waals surface area contributed by atoms with Gasteiger partial charge in [-0.15, -0.1) is 0 Å². The van der Waals surface area contributed by atoms with Gasteiger partial charge in [0, 0.05) is 23.9 Å². The minimum atomic E-state index is -0.651. The molecule has 0 spiro atoms. The lowest BCUT2D eigenvalue weighted by Gasteiger charge is -2.11. The molecule has 0 saturated heterocycles. The molecule has 9 nitrogen and oxygen atoms in total. The van der Waals surface area contributed by atoms with Gasteiger partial charge in [0.1, 0.15) is 11.5 Å². The van der Waals surface area contributed by atoms with Crippen molar-refractivity contribution in [3.8, 4) is 23.0 Å². The lowest BCUT2D eigenvalue weighted by molar-refractivity contribution is -0.147. The van der Waals surface area contributed by atoms with E-state index in [0.29, 0.717) is 34.4 Å². The molecule has 0 fully saturated rings. The van der Waals surface area contributed by atoms with Crippen LogP contribution in [0, 0.1) is 0 Å². The second kappa shape index (κ2) is 12.6. The minimum Gasteiger partial charge on any atom is -0.497 e. The molecular formula is C26H26N2O7. The molecule has 0 bridgehead atoms. The Morgan fingerprint density at radius 3 is 2.11 bits per heavy atom. The number of hydrogen-bond donors (Lipinski definition) is 2. The van der Waals surface area contributed by atoms with E-state index in [1.165, 1.54) is 7.11 Å². The van der Waals surface area contributed by atoms with Gasteiger partial charge in [0.15, 0.2) is 18.1 Å². The van der Waals surface area contributed by atoms with E-state index < -0.39 is 18.5 Å². The van der Waals surface area contributed by atoms with Crippen LogP contribution in [0.5, 0.6) is 23.0 Å². The smallest absolute Gasteiger partial charge is 0.306 e. The average Bonchev–Trinajstić information content (AvgIpc) is 2.88. The summed E-state index contributed by atoms with van der Waals surface area (Å²) in [5.74, 6) is 0.832. The van der Waals surface area contributed by atoms with Crippen molar-refractivity contribution in [3.05, 3.63) is 72.8 Å². The average molecular weight is 479 g/mol. The van der Waals surface area contributed by atoms with Crippen LogP contribution in [0.4, 0.5) is 11.4 Å². The van der Waals surface area contributed by atoms with E-state index >= 15 is 0 Å². The minimum absolute atomic E-state index is 0.0875. The van der Waals surface area contributed by atoms with Gasteiger partial charge in [-0.2, -0.15) is 0 Å². The van der Waals surface area contributed by atoms with Crippen molar-refractivity contribution in [2.45, 2.75) is 12.8 Å². The molecule has 0 aromatic heterocycles. The van der Waals surface area contributed by atoms with E-state index in [9.17, 15) is 14.4 Å². The maximum absolute atomic E-state index is 12.2. The zero-order chi connectivity index (χ0) is 25.0. The van der Waals surface area contributed by atoms with Gasteiger partial charge >= 0.3 is 5.97 Å². The number of methoxy groups -OCH3 is 2. The van der Waals surface area contributed by atoms with Gasteiger partial charge in [-0.25, -0.2) is 0 Å². The molecule has 2 N–H and O–H groups in total. The summed E-state index contributed by atoms with van der Waals surface area (Å²) in [7, 11) is 3.08. The molecule has 3 rings (SSSR count). The van der Waals surface area contributed by atoms with Gasteiger partial charge in [0.25, 0.3) is 5.91 Å². The van der Waals surface area contributed by atoms with Crippen LogP contribution in [0.15, 0.2) is 72.8 Å². The number of rotatable bonds is 11. The second-order valence-corrected chi connectivity index (χ2v) is 7.27. The number of ether oxygens (including phenoxy) is 4. The number of carbonyl (C=O) groups excluding carboxylic acids is 3. The van der Waals surface area contributed by atoms with Crippen LogP contribution < -0.4 is 24.8 Å². The maximum atomic E-state index is 12.2. The van der Waals surface area contributed by atoms with E-state index in [1.807, 2.05) is 12.1 Å². The Morgan fingerprint density at radius 1 is 0.686 bits per heavy atom. The van der Waals surface area contributed by atoms with E-state index in [0.717, 1.165) is 0 Å². The quantitative estimate of drug-likeness (QED) is 0.393. The SMILES string of the molecule is COc1cccc(NC(=O)COC(=O)CCC(=O)Nc2ccc(Oc3ccccc3OC)cc2)c1. The molecule has 0 aliphatic carbocycles. The number of hydrogen-bond acceptors (Lipinski definition) is 7. The Labute approximate surface area is 203 Å². The summed E-state index contributed by atoms with van der Waals surface area (Å²) >= 11 is 0. The molecular weight excluding hydrogens is 452 g/mol. The first-order chi connectivity index (χ1) is 17.0. The molecule has 182 valence electrons. The van der Waals surface area contributed by atoms with Crippen LogP contribution in [-0.4, -0.2) is 38.6 Å². The first kappa shape index (κ1) is 25.1. The topological polar surface area (TPSA) is 112 Å². The van der Waals surface area contributed by atoms with Crippen molar-refractivity contribution in [2.75, 3.05) is 31.5 Å². The summed E-state index contributed by atoms with van der Waals surface area (Å²) in [5, 5.41) is 5.30. The molecule has 9 heteroatoms. The Morgan fingerprint density at radius 2 is 1.40 bits per heavy atom. The fourth-order valence-electron chi connectivity index (χ4n) is 2.99. The summed E-state index contributed by atoms with van der Waals surface area (Å²) in [6.07, 6.45) is -0.247. The van der Waals surface area contributed by atoms with Crippen molar-refractivity contribution in [3.63, 3.8) is 0 Å². The molecule has 0 unspecified atom stereocenters. The molecule has 0 heterocycles. The molecule has 35 heavy (non-hydrogen) atoms. The molecule has 0 aliphatic heterocycles. The molecule has 3 aromatic carbocycles. The third kappa shape index (κ3) is 8.08. The van der Waals surface area contributed by atoms with Gasteiger partial charge < -0.3 is 29.6 Å². The standard InChI is InChI=1S/C26H26N2O7/c1-32-21-7-5-6-19(16-21)28-25(30)17-34-26(31)15-14-24(29)27-18-10-12-20(13-11-18)35-23-9-4-3-8-22(23)33-2/h3-13,16H,14-15,17H2,1-2H3,(H,27,29)(H,28,30). The van der Waals surface area contributed by atoms with Crippen LogP contribution in [0.25, 0.3) is 0 Å². The molecule has 0 radical (unpaired) electrons. The number of para-hydroxylation sites is 2. The zero-order valence-corrected chi connectivity index (χ0v) is 19.4. The van der Waals surface area contributed by atoms with Crippen molar-refractivity contribution in [2.24, 2.45) is 0 Å². The molecule has 2 amide bonds. The normalized spacial score (nSPS) is 10.1. The van der Waals surface area contributed by atoms with Crippen LogP contribution in [-0.2, 0) is 19.1 Å². The lowest BCUT2D eigenvalue weighted by Crippen LogP contribution is -2.21. The van der Waals surface area contributed by atoms with Crippen LogP contribution in [0.1, 0.15) is 12.8 Å². The number of benzene rings is 3.